The fourth-order valence-electron chi connectivity index (χ4n) is 4.86. The number of hydrogen-bond donors (Lipinski definition) is 2. The molecule has 36 heavy (non-hydrogen) atoms. The van der Waals surface area contributed by atoms with Crippen LogP contribution in [0.1, 0.15) is 67.1 Å². The number of nitrogens with zero attached hydrogens (tertiary/aromatic N) is 4. The van der Waals surface area contributed by atoms with E-state index in [1.165, 1.54) is 21.4 Å². The molecule has 1 atom stereocenters. The number of fused-ring (bicyclic) bond motifs is 1. The van der Waals surface area contributed by atoms with Gasteiger partial charge in [-0.1, -0.05) is 44.2 Å². The molecule has 2 N–H and O–H groups in total. The van der Waals surface area contributed by atoms with Crippen LogP contribution in [0.15, 0.2) is 47.4 Å². The summed E-state index contributed by atoms with van der Waals surface area (Å²) >= 11 is 0. The van der Waals surface area contributed by atoms with Gasteiger partial charge >= 0.3 is 0 Å². The number of aromatic nitrogens is 3. The molecule has 0 unspecified atom stereocenters. The van der Waals surface area contributed by atoms with Crippen LogP contribution in [0.4, 0.5) is 0 Å². The average molecular weight is 490 g/mol. The van der Waals surface area contributed by atoms with Crippen LogP contribution in [-0.4, -0.2) is 48.6 Å². The molecule has 0 bridgehead atoms. The van der Waals surface area contributed by atoms with Crippen molar-refractivity contribution in [3.05, 3.63) is 69.6 Å². The summed E-state index contributed by atoms with van der Waals surface area (Å²) in [7, 11) is 0. The molecular formula is C27H31N5O4. The van der Waals surface area contributed by atoms with Gasteiger partial charge in [0, 0.05) is 30.8 Å². The van der Waals surface area contributed by atoms with E-state index < -0.39 is 17.3 Å². The Balaban J connectivity index is 1.50. The predicted molar refractivity (Wildman–Crippen MR) is 136 cm³/mol. The second kappa shape index (κ2) is 9.64. The van der Waals surface area contributed by atoms with Gasteiger partial charge in [-0.05, 0) is 43.2 Å². The van der Waals surface area contributed by atoms with Gasteiger partial charge in [0.2, 0.25) is 11.8 Å². The first-order valence-electron chi connectivity index (χ1n) is 12.5. The Kier molecular flexibility index (Phi) is 6.38. The Hall–Kier alpha value is -3.88. The van der Waals surface area contributed by atoms with Gasteiger partial charge < -0.3 is 15.3 Å². The van der Waals surface area contributed by atoms with E-state index in [1.54, 1.807) is 6.08 Å². The fourth-order valence-corrected chi connectivity index (χ4v) is 4.86. The molecule has 1 aliphatic carbocycles. The van der Waals surface area contributed by atoms with Crippen molar-refractivity contribution in [1.82, 2.24) is 24.4 Å². The van der Waals surface area contributed by atoms with E-state index in [2.05, 4.69) is 10.4 Å². The molecule has 188 valence electrons. The Morgan fingerprint density at radius 3 is 2.64 bits per heavy atom. The molecule has 2 amide bonds. The zero-order valence-electron chi connectivity index (χ0n) is 20.6. The van der Waals surface area contributed by atoms with Crippen molar-refractivity contribution in [2.24, 2.45) is 5.92 Å². The maximum atomic E-state index is 13.4. The minimum absolute atomic E-state index is 0.0305. The number of hydrogen-bond acceptors (Lipinski definition) is 5. The van der Waals surface area contributed by atoms with Gasteiger partial charge in [-0.3, -0.25) is 19.0 Å². The summed E-state index contributed by atoms with van der Waals surface area (Å²) in [6, 6.07) is 10.1. The predicted octanol–water partition coefficient (Wildman–Crippen LogP) is 3.13. The van der Waals surface area contributed by atoms with E-state index in [-0.39, 0.29) is 29.5 Å². The second-order valence-electron chi connectivity index (χ2n) is 10.0. The number of benzene rings is 1. The van der Waals surface area contributed by atoms with Crippen molar-refractivity contribution in [1.29, 1.82) is 0 Å². The molecule has 1 aliphatic heterocycles. The third-order valence-corrected chi connectivity index (χ3v) is 6.72. The van der Waals surface area contributed by atoms with Crippen molar-refractivity contribution in [2.75, 3.05) is 6.54 Å². The summed E-state index contributed by atoms with van der Waals surface area (Å²) in [4.78, 5) is 41.1. The first kappa shape index (κ1) is 23.8. The third-order valence-electron chi connectivity index (χ3n) is 6.72. The van der Waals surface area contributed by atoms with Crippen LogP contribution >= 0.6 is 0 Å². The summed E-state index contributed by atoms with van der Waals surface area (Å²) in [6.07, 6.45) is 8.19. The number of nitrogens with one attached hydrogen (secondary N) is 1. The molecule has 2 fully saturated rings. The maximum Gasteiger partial charge on any atom is 0.270 e. The topological polar surface area (TPSA) is 109 Å². The van der Waals surface area contributed by atoms with Crippen molar-refractivity contribution in [2.45, 2.75) is 58.2 Å². The van der Waals surface area contributed by atoms with Crippen LogP contribution in [0.25, 0.3) is 11.7 Å². The molecule has 1 aromatic carbocycles. The highest BCUT2D eigenvalue weighted by atomic mass is 16.3. The molecule has 1 saturated carbocycles. The Morgan fingerprint density at radius 1 is 1.19 bits per heavy atom. The highest BCUT2D eigenvalue weighted by Crippen LogP contribution is 2.32. The largest absolute Gasteiger partial charge is 0.492 e. The number of carbonyl (C=O) groups excluding carboxylic acids is 2. The minimum atomic E-state index is -0.594. The highest BCUT2D eigenvalue weighted by molar-refractivity contribution is 5.97. The first-order valence-corrected chi connectivity index (χ1v) is 12.5. The van der Waals surface area contributed by atoms with Crippen LogP contribution in [0.5, 0.6) is 5.88 Å². The van der Waals surface area contributed by atoms with Gasteiger partial charge in [-0.15, -0.1) is 0 Å². The van der Waals surface area contributed by atoms with Gasteiger partial charge in [-0.25, -0.2) is 0 Å². The van der Waals surface area contributed by atoms with E-state index in [1.807, 2.05) is 49.1 Å². The second-order valence-corrected chi connectivity index (χ2v) is 10.0. The quantitative estimate of drug-likeness (QED) is 0.496. The molecule has 2 aliphatic rings. The van der Waals surface area contributed by atoms with Gasteiger partial charge in [0.1, 0.15) is 5.65 Å². The van der Waals surface area contributed by atoms with Gasteiger partial charge in [-0.2, -0.15) is 9.61 Å². The monoisotopic (exact) mass is 489 g/mol. The highest BCUT2D eigenvalue weighted by Gasteiger charge is 2.31. The Morgan fingerprint density at radius 2 is 1.94 bits per heavy atom. The molecule has 3 heterocycles. The number of likely N-dealkylation sites (tertiary alicyclic amines) is 1. The summed E-state index contributed by atoms with van der Waals surface area (Å²) in [5, 5.41) is 17.9. The molecule has 2 aromatic heterocycles. The van der Waals surface area contributed by atoms with Crippen LogP contribution in [0, 0.1) is 5.92 Å². The number of carbonyl (C=O) groups is 2. The van der Waals surface area contributed by atoms with Crippen molar-refractivity contribution in [3.8, 4) is 5.88 Å². The van der Waals surface area contributed by atoms with Crippen molar-refractivity contribution >= 4 is 23.5 Å². The summed E-state index contributed by atoms with van der Waals surface area (Å²) in [5.41, 5.74) is 1.09. The van der Waals surface area contributed by atoms with Crippen LogP contribution < -0.4 is 10.9 Å². The molecule has 5 rings (SSSR count). The van der Waals surface area contributed by atoms with Gasteiger partial charge in [0.25, 0.3) is 11.5 Å². The number of amides is 2. The number of aromatic hydroxyl groups is 1. The smallest absolute Gasteiger partial charge is 0.270 e. The molecule has 9 nitrogen and oxygen atoms in total. The lowest BCUT2D eigenvalue weighted by Crippen LogP contribution is -2.36. The third kappa shape index (κ3) is 4.53. The molecule has 3 aromatic rings. The lowest BCUT2D eigenvalue weighted by atomic mass is 10.0. The van der Waals surface area contributed by atoms with E-state index >= 15 is 0 Å². The van der Waals surface area contributed by atoms with E-state index in [4.69, 9.17) is 0 Å². The zero-order chi connectivity index (χ0) is 25.4. The summed E-state index contributed by atoms with van der Waals surface area (Å²) < 4.78 is 2.67. The van der Waals surface area contributed by atoms with Gasteiger partial charge in [0.05, 0.1) is 12.2 Å². The normalized spacial score (nSPS) is 18.0. The van der Waals surface area contributed by atoms with E-state index in [0.717, 1.165) is 31.2 Å². The molecular weight excluding hydrogens is 458 g/mol. The van der Waals surface area contributed by atoms with Crippen LogP contribution in [0.3, 0.4) is 0 Å². The first-order chi connectivity index (χ1) is 17.3. The van der Waals surface area contributed by atoms with E-state index in [0.29, 0.717) is 24.3 Å². The average Bonchev–Trinajstić information content (AvgIpc) is 3.36. The summed E-state index contributed by atoms with van der Waals surface area (Å²) in [5.74, 6) is -1.12. The Labute approximate surface area is 209 Å². The summed E-state index contributed by atoms with van der Waals surface area (Å²) in [6.45, 7) is 4.93. The van der Waals surface area contributed by atoms with Crippen LogP contribution in [-0.2, 0) is 11.3 Å². The number of rotatable bonds is 7. The molecule has 0 spiro atoms. The minimum Gasteiger partial charge on any atom is -0.492 e. The lowest BCUT2D eigenvalue weighted by molar-refractivity contribution is -0.126. The molecule has 9 heteroatoms. The van der Waals surface area contributed by atoms with Gasteiger partial charge in [0.15, 0.2) is 5.56 Å². The van der Waals surface area contributed by atoms with Crippen LogP contribution in [0.2, 0.25) is 0 Å². The SMILES string of the molecule is CC(C)Cn1c(=O)c(C(=O)NC2CC2)c(O)n2ncc(/C=C/C(=O)N3CCC[C@H]3c3ccccc3)c12. The Bertz CT molecular complexity index is 1380. The van der Waals surface area contributed by atoms with Crippen molar-refractivity contribution < 1.29 is 14.7 Å². The molecule has 0 radical (unpaired) electrons. The van der Waals surface area contributed by atoms with Crippen molar-refractivity contribution in [3.63, 3.8) is 0 Å². The zero-order valence-corrected chi connectivity index (χ0v) is 20.6. The van der Waals surface area contributed by atoms with E-state index in [9.17, 15) is 19.5 Å². The molecule has 1 saturated heterocycles. The standard InChI is InChI=1S/C27H31N5O4/c1-17(2)16-31-25-19(10-13-22(33)30-14-6-9-21(30)18-7-4-3-5-8-18)15-28-32(25)27(36)23(26(31)35)24(34)29-20-11-12-20/h3-5,7-8,10,13,15,17,20-21,36H,6,9,11-12,14,16H2,1-2H3,(H,29,34)/b13-10+/t21-/m0/s1. The fraction of sp³-hybridized carbons (Fsp3) is 0.407. The maximum absolute atomic E-state index is 13.4. The lowest BCUT2D eigenvalue weighted by Gasteiger charge is -2.23.